The normalized spacial score (nSPS) is 17.7. The number of fused-ring (bicyclic) bond motifs is 1. The first-order valence-corrected chi connectivity index (χ1v) is 6.81. The molecule has 0 aliphatic carbocycles. The van der Waals surface area contributed by atoms with Crippen LogP contribution < -0.4 is 4.90 Å². The summed E-state index contributed by atoms with van der Waals surface area (Å²) >= 11 is 0. The van der Waals surface area contributed by atoms with E-state index in [1.165, 1.54) is 12.1 Å². The second-order valence-electron chi connectivity index (χ2n) is 5.17. The quantitative estimate of drug-likeness (QED) is 0.922. The first kappa shape index (κ1) is 14.5. The van der Waals surface area contributed by atoms with E-state index in [0.717, 1.165) is 24.1 Å². The molecule has 1 unspecified atom stereocenters. The third kappa shape index (κ3) is 3.15. The number of hydrogen-bond donors (Lipinski definition) is 1. The Labute approximate surface area is 117 Å². The molecule has 0 fully saturated rings. The monoisotopic (exact) mass is 279 g/mol. The van der Waals surface area contributed by atoms with Crippen molar-refractivity contribution in [2.24, 2.45) is 0 Å². The predicted molar refractivity (Wildman–Crippen MR) is 73.2 cm³/mol. The second kappa shape index (κ2) is 6.03. The zero-order valence-corrected chi connectivity index (χ0v) is 11.4. The molecule has 0 radical (unpaired) electrons. The number of amides is 1. The minimum Gasteiger partial charge on any atom is -0.481 e. The molecular formula is C15H18FNO3. The van der Waals surface area contributed by atoms with Gasteiger partial charge in [-0.1, -0.05) is 0 Å². The molecule has 108 valence electrons. The van der Waals surface area contributed by atoms with Crippen LogP contribution in [0.25, 0.3) is 0 Å². The third-order valence-electron chi connectivity index (χ3n) is 3.62. The lowest BCUT2D eigenvalue weighted by molar-refractivity contribution is -0.137. The maximum absolute atomic E-state index is 13.2. The molecule has 0 bridgehead atoms. The van der Waals surface area contributed by atoms with Gasteiger partial charge in [0.25, 0.3) is 0 Å². The fourth-order valence-electron chi connectivity index (χ4n) is 2.61. The number of carbonyl (C=O) groups excluding carboxylic acids is 1. The Morgan fingerprint density at radius 3 is 2.85 bits per heavy atom. The van der Waals surface area contributed by atoms with Crippen LogP contribution in [0.15, 0.2) is 18.2 Å². The van der Waals surface area contributed by atoms with Gasteiger partial charge in [0.2, 0.25) is 5.91 Å². The van der Waals surface area contributed by atoms with Gasteiger partial charge in [0.15, 0.2) is 0 Å². The molecular weight excluding hydrogens is 261 g/mol. The van der Waals surface area contributed by atoms with Gasteiger partial charge in [0.1, 0.15) is 5.82 Å². The Bertz CT molecular complexity index is 530. The summed E-state index contributed by atoms with van der Waals surface area (Å²) in [5, 5.41) is 8.61. The summed E-state index contributed by atoms with van der Waals surface area (Å²) in [6.45, 7) is 1.96. The third-order valence-corrected chi connectivity index (χ3v) is 3.62. The summed E-state index contributed by atoms with van der Waals surface area (Å²) in [4.78, 5) is 24.4. The van der Waals surface area contributed by atoms with Gasteiger partial charge < -0.3 is 10.0 Å². The van der Waals surface area contributed by atoms with Gasteiger partial charge in [0, 0.05) is 24.6 Å². The zero-order valence-electron chi connectivity index (χ0n) is 11.4. The fourth-order valence-corrected chi connectivity index (χ4v) is 2.61. The molecule has 0 saturated heterocycles. The van der Waals surface area contributed by atoms with Gasteiger partial charge in [-0.2, -0.15) is 0 Å². The van der Waals surface area contributed by atoms with Crippen LogP contribution in [0, 0.1) is 5.82 Å². The largest absolute Gasteiger partial charge is 0.481 e. The molecule has 1 heterocycles. The van der Waals surface area contributed by atoms with Crippen LogP contribution in [0.3, 0.4) is 0 Å². The van der Waals surface area contributed by atoms with Gasteiger partial charge in [-0.15, -0.1) is 0 Å². The van der Waals surface area contributed by atoms with E-state index in [0.29, 0.717) is 6.42 Å². The van der Waals surface area contributed by atoms with Crippen LogP contribution in [0.2, 0.25) is 0 Å². The van der Waals surface area contributed by atoms with Gasteiger partial charge in [-0.3, -0.25) is 9.59 Å². The van der Waals surface area contributed by atoms with E-state index < -0.39 is 5.97 Å². The number of aryl methyl sites for hydroxylation is 1. The summed E-state index contributed by atoms with van der Waals surface area (Å²) in [6, 6.07) is 4.52. The number of carbonyl (C=O) groups is 2. The first-order valence-electron chi connectivity index (χ1n) is 6.81. The standard InChI is InChI=1S/C15H18FNO3/c1-10-5-6-11-9-12(16)7-8-13(11)17(10)14(18)3-2-4-15(19)20/h7-10H,2-6H2,1H3,(H,19,20). The summed E-state index contributed by atoms with van der Waals surface area (Å²) in [5.41, 5.74) is 1.60. The SMILES string of the molecule is CC1CCc2cc(F)ccc2N1C(=O)CCCC(=O)O. The Balaban J connectivity index is 2.14. The Morgan fingerprint density at radius 1 is 1.40 bits per heavy atom. The van der Waals surface area contributed by atoms with Gasteiger partial charge in [-0.25, -0.2) is 4.39 Å². The Morgan fingerprint density at radius 2 is 2.15 bits per heavy atom. The molecule has 1 aliphatic rings. The van der Waals surface area contributed by atoms with Crippen molar-refractivity contribution in [3.63, 3.8) is 0 Å². The molecule has 0 spiro atoms. The second-order valence-corrected chi connectivity index (χ2v) is 5.17. The Kier molecular flexibility index (Phi) is 4.37. The summed E-state index contributed by atoms with van der Waals surface area (Å²) in [6.07, 6.45) is 2.07. The minimum atomic E-state index is -0.896. The molecule has 2 rings (SSSR count). The van der Waals surface area contributed by atoms with Crippen LogP contribution in [-0.4, -0.2) is 23.0 Å². The molecule has 1 atom stereocenters. The maximum atomic E-state index is 13.2. The smallest absolute Gasteiger partial charge is 0.303 e. The van der Waals surface area contributed by atoms with Gasteiger partial charge in [0.05, 0.1) is 0 Å². The number of rotatable bonds is 4. The van der Waals surface area contributed by atoms with Crippen molar-refractivity contribution in [3.8, 4) is 0 Å². The van der Waals surface area contributed by atoms with E-state index in [1.54, 1.807) is 11.0 Å². The minimum absolute atomic E-state index is 0.00969. The molecule has 1 aromatic carbocycles. The highest BCUT2D eigenvalue weighted by Gasteiger charge is 2.28. The topological polar surface area (TPSA) is 57.6 Å². The van der Waals surface area contributed by atoms with Crippen molar-refractivity contribution in [2.75, 3.05) is 4.90 Å². The van der Waals surface area contributed by atoms with Crippen molar-refractivity contribution in [1.82, 2.24) is 0 Å². The van der Waals surface area contributed by atoms with E-state index in [4.69, 9.17) is 5.11 Å². The van der Waals surface area contributed by atoms with E-state index in [1.807, 2.05) is 6.92 Å². The maximum Gasteiger partial charge on any atom is 0.303 e. The van der Waals surface area contributed by atoms with Crippen LogP contribution in [0.5, 0.6) is 0 Å². The zero-order chi connectivity index (χ0) is 14.7. The van der Waals surface area contributed by atoms with Crippen molar-refractivity contribution in [1.29, 1.82) is 0 Å². The summed E-state index contributed by atoms with van der Waals surface area (Å²) < 4.78 is 13.2. The molecule has 1 aromatic rings. The number of hydrogen-bond acceptors (Lipinski definition) is 2. The average molecular weight is 279 g/mol. The fraction of sp³-hybridized carbons (Fsp3) is 0.467. The molecule has 1 aliphatic heterocycles. The lowest BCUT2D eigenvalue weighted by atomic mass is 9.96. The van der Waals surface area contributed by atoms with Crippen molar-refractivity contribution < 1.29 is 19.1 Å². The average Bonchev–Trinajstić information content (AvgIpc) is 2.38. The Hall–Kier alpha value is -1.91. The number of anilines is 1. The van der Waals surface area contributed by atoms with E-state index in [2.05, 4.69) is 0 Å². The number of nitrogens with zero attached hydrogens (tertiary/aromatic N) is 1. The van der Waals surface area contributed by atoms with Crippen molar-refractivity contribution in [3.05, 3.63) is 29.6 Å². The van der Waals surface area contributed by atoms with Crippen LogP contribution >= 0.6 is 0 Å². The lowest BCUT2D eigenvalue weighted by Gasteiger charge is -2.35. The van der Waals surface area contributed by atoms with Crippen molar-refractivity contribution in [2.45, 2.75) is 45.1 Å². The summed E-state index contributed by atoms with van der Waals surface area (Å²) in [5.74, 6) is -1.28. The predicted octanol–water partition coefficient (Wildman–Crippen LogP) is 2.75. The molecule has 20 heavy (non-hydrogen) atoms. The highest BCUT2D eigenvalue weighted by molar-refractivity contribution is 5.95. The van der Waals surface area contributed by atoms with E-state index in [-0.39, 0.29) is 30.6 Å². The number of carboxylic acid groups (broad SMARTS) is 1. The van der Waals surface area contributed by atoms with E-state index >= 15 is 0 Å². The number of halogens is 1. The number of benzene rings is 1. The molecule has 4 nitrogen and oxygen atoms in total. The van der Waals surface area contributed by atoms with Gasteiger partial charge in [-0.05, 0) is 49.9 Å². The van der Waals surface area contributed by atoms with Crippen LogP contribution in [-0.2, 0) is 16.0 Å². The lowest BCUT2D eigenvalue weighted by Crippen LogP contribution is -2.42. The molecule has 5 heteroatoms. The summed E-state index contributed by atoms with van der Waals surface area (Å²) in [7, 11) is 0. The molecule has 1 N–H and O–H groups in total. The van der Waals surface area contributed by atoms with Gasteiger partial charge >= 0.3 is 5.97 Å². The highest BCUT2D eigenvalue weighted by atomic mass is 19.1. The van der Waals surface area contributed by atoms with Crippen molar-refractivity contribution >= 4 is 17.6 Å². The van der Waals surface area contributed by atoms with Crippen LogP contribution in [0.1, 0.15) is 38.2 Å². The van der Waals surface area contributed by atoms with E-state index in [9.17, 15) is 14.0 Å². The number of aliphatic carboxylic acids is 1. The first-order chi connectivity index (χ1) is 9.49. The highest BCUT2D eigenvalue weighted by Crippen LogP contribution is 2.31. The molecule has 0 saturated carbocycles. The molecule has 0 aromatic heterocycles. The number of carboxylic acids is 1. The molecule has 1 amide bonds. The van der Waals surface area contributed by atoms with Crippen LogP contribution in [0.4, 0.5) is 10.1 Å².